The van der Waals surface area contributed by atoms with Crippen molar-refractivity contribution in [2.24, 2.45) is 0 Å². The third-order valence-electron chi connectivity index (χ3n) is 3.27. The predicted octanol–water partition coefficient (Wildman–Crippen LogP) is 2.23. The van der Waals surface area contributed by atoms with Crippen molar-refractivity contribution in [2.45, 2.75) is 39.2 Å². The maximum atomic E-state index is 11.2. The third kappa shape index (κ3) is 7.99. The van der Waals surface area contributed by atoms with Crippen LogP contribution in [0.1, 0.15) is 30.9 Å². The van der Waals surface area contributed by atoms with Gasteiger partial charge in [0.05, 0.1) is 26.1 Å². The van der Waals surface area contributed by atoms with E-state index < -0.39 is 16.2 Å². The lowest BCUT2D eigenvalue weighted by atomic mass is 10.0. The van der Waals surface area contributed by atoms with E-state index in [1.54, 1.807) is 6.92 Å². The summed E-state index contributed by atoms with van der Waals surface area (Å²) in [4.78, 5) is 11.2. The Labute approximate surface area is 137 Å². The molecule has 0 bridgehead atoms. The van der Waals surface area contributed by atoms with E-state index in [0.29, 0.717) is 31.6 Å². The first-order valence-corrected chi connectivity index (χ1v) is 9.20. The van der Waals surface area contributed by atoms with Crippen molar-refractivity contribution >= 4 is 16.1 Å². The largest absolute Gasteiger partial charge is 0.493 e. The minimum absolute atomic E-state index is 0.232. The van der Waals surface area contributed by atoms with Crippen LogP contribution in [0.15, 0.2) is 18.2 Å². The molecule has 1 aromatic carbocycles. The monoisotopic (exact) mass is 344 g/mol. The standard InChI is InChI=1S/C16H24O6S/c1-12-11-15(7-5-14(12)6-8-16(17)20-3)21-10-9-13(2)22-23(4,18)19/h5,7,11,13H,6,8-10H2,1-4H3/t13-/m0/s1. The van der Waals surface area contributed by atoms with E-state index in [4.69, 9.17) is 8.92 Å². The van der Waals surface area contributed by atoms with Gasteiger partial charge in [0.2, 0.25) is 0 Å². The van der Waals surface area contributed by atoms with Crippen molar-refractivity contribution < 1.29 is 26.9 Å². The molecule has 0 aliphatic heterocycles. The normalized spacial score (nSPS) is 12.7. The number of methoxy groups -OCH3 is 1. The molecule has 0 saturated carbocycles. The van der Waals surface area contributed by atoms with Gasteiger partial charge in [-0.25, -0.2) is 0 Å². The van der Waals surface area contributed by atoms with E-state index in [2.05, 4.69) is 4.74 Å². The van der Waals surface area contributed by atoms with Crippen molar-refractivity contribution in [3.05, 3.63) is 29.3 Å². The van der Waals surface area contributed by atoms with Gasteiger partial charge in [-0.1, -0.05) is 6.07 Å². The molecule has 0 saturated heterocycles. The topological polar surface area (TPSA) is 78.9 Å². The highest BCUT2D eigenvalue weighted by atomic mass is 32.2. The fraction of sp³-hybridized carbons (Fsp3) is 0.562. The first-order chi connectivity index (χ1) is 10.7. The van der Waals surface area contributed by atoms with Gasteiger partial charge in [-0.15, -0.1) is 0 Å². The first kappa shape index (κ1) is 19.4. The molecule has 0 N–H and O–H groups in total. The van der Waals surface area contributed by atoms with Gasteiger partial charge in [-0.05, 0) is 43.5 Å². The molecule has 0 amide bonds. The van der Waals surface area contributed by atoms with Crippen LogP contribution in [0, 0.1) is 6.92 Å². The van der Waals surface area contributed by atoms with Gasteiger partial charge in [-0.3, -0.25) is 8.98 Å². The van der Waals surface area contributed by atoms with Gasteiger partial charge in [0.15, 0.2) is 0 Å². The van der Waals surface area contributed by atoms with Crippen LogP contribution in [0.5, 0.6) is 5.75 Å². The van der Waals surface area contributed by atoms with Gasteiger partial charge >= 0.3 is 5.97 Å². The van der Waals surface area contributed by atoms with Gasteiger partial charge in [0, 0.05) is 12.8 Å². The highest BCUT2D eigenvalue weighted by Crippen LogP contribution is 2.19. The summed E-state index contributed by atoms with van der Waals surface area (Å²) in [5.74, 6) is 0.473. The third-order valence-corrected chi connectivity index (χ3v) is 3.95. The summed E-state index contributed by atoms with van der Waals surface area (Å²) in [6.07, 6.45) is 2.04. The van der Waals surface area contributed by atoms with E-state index in [0.717, 1.165) is 17.4 Å². The molecule has 0 fully saturated rings. The molecular weight excluding hydrogens is 320 g/mol. The van der Waals surface area contributed by atoms with Gasteiger partial charge in [0.1, 0.15) is 5.75 Å². The van der Waals surface area contributed by atoms with Crippen LogP contribution in [-0.2, 0) is 30.3 Å². The van der Waals surface area contributed by atoms with E-state index >= 15 is 0 Å². The highest BCUT2D eigenvalue weighted by molar-refractivity contribution is 7.86. The number of carbonyl (C=O) groups is 1. The van der Waals surface area contributed by atoms with Crippen LogP contribution in [0.3, 0.4) is 0 Å². The molecule has 23 heavy (non-hydrogen) atoms. The number of rotatable bonds is 9. The number of hydrogen-bond donors (Lipinski definition) is 0. The molecule has 0 unspecified atom stereocenters. The van der Waals surface area contributed by atoms with Crippen LogP contribution >= 0.6 is 0 Å². The number of carbonyl (C=O) groups excluding carboxylic acids is 1. The zero-order valence-corrected chi connectivity index (χ0v) is 14.8. The minimum atomic E-state index is -3.44. The second-order valence-corrected chi connectivity index (χ2v) is 7.01. The smallest absolute Gasteiger partial charge is 0.305 e. The van der Waals surface area contributed by atoms with Crippen molar-refractivity contribution in [3.8, 4) is 5.75 Å². The Morgan fingerprint density at radius 1 is 1.30 bits per heavy atom. The summed E-state index contributed by atoms with van der Waals surface area (Å²) in [5, 5.41) is 0. The Balaban J connectivity index is 2.47. The lowest BCUT2D eigenvalue weighted by Crippen LogP contribution is -2.17. The number of hydrogen-bond acceptors (Lipinski definition) is 6. The fourth-order valence-corrected chi connectivity index (χ4v) is 2.76. The van der Waals surface area contributed by atoms with Crippen LogP contribution in [-0.4, -0.2) is 40.5 Å². The quantitative estimate of drug-likeness (QED) is 0.505. The summed E-state index contributed by atoms with van der Waals surface area (Å²) in [7, 11) is -2.06. The van der Waals surface area contributed by atoms with Crippen LogP contribution in [0.25, 0.3) is 0 Å². The summed E-state index contributed by atoms with van der Waals surface area (Å²) in [5.41, 5.74) is 2.10. The van der Waals surface area contributed by atoms with E-state index in [1.165, 1.54) is 7.11 Å². The fourth-order valence-electron chi connectivity index (χ4n) is 2.07. The average Bonchev–Trinajstić information content (AvgIpc) is 2.44. The number of benzene rings is 1. The minimum Gasteiger partial charge on any atom is -0.493 e. The highest BCUT2D eigenvalue weighted by Gasteiger charge is 2.10. The Bertz CT molecular complexity index is 623. The Hall–Kier alpha value is -1.60. The van der Waals surface area contributed by atoms with Crippen LogP contribution in [0.2, 0.25) is 0 Å². The van der Waals surface area contributed by atoms with E-state index in [-0.39, 0.29) is 5.97 Å². The van der Waals surface area contributed by atoms with E-state index in [1.807, 2.05) is 25.1 Å². The van der Waals surface area contributed by atoms with Crippen LogP contribution < -0.4 is 4.74 Å². The molecule has 0 aliphatic carbocycles. The average molecular weight is 344 g/mol. The molecule has 6 nitrogen and oxygen atoms in total. The van der Waals surface area contributed by atoms with Gasteiger partial charge in [0.25, 0.3) is 10.1 Å². The first-order valence-electron chi connectivity index (χ1n) is 7.38. The summed E-state index contributed by atoms with van der Waals surface area (Å²) < 4.78 is 37.1. The molecule has 1 aromatic rings. The van der Waals surface area contributed by atoms with Gasteiger partial charge in [-0.2, -0.15) is 8.42 Å². The zero-order valence-electron chi connectivity index (χ0n) is 14.0. The molecule has 130 valence electrons. The van der Waals surface area contributed by atoms with Crippen molar-refractivity contribution in [1.82, 2.24) is 0 Å². The molecule has 0 spiro atoms. The molecule has 0 aliphatic rings. The van der Waals surface area contributed by atoms with Gasteiger partial charge < -0.3 is 9.47 Å². The maximum Gasteiger partial charge on any atom is 0.305 e. The molecule has 1 rings (SSSR count). The molecule has 1 atom stereocenters. The number of ether oxygens (including phenoxy) is 2. The summed E-state index contributed by atoms with van der Waals surface area (Å²) in [6.45, 7) is 4.00. The molecule has 7 heteroatoms. The van der Waals surface area contributed by atoms with E-state index in [9.17, 15) is 13.2 Å². The van der Waals surface area contributed by atoms with Crippen molar-refractivity contribution in [2.75, 3.05) is 20.0 Å². The number of aryl methyl sites for hydroxylation is 2. The maximum absolute atomic E-state index is 11.2. The number of esters is 1. The van der Waals surface area contributed by atoms with Crippen molar-refractivity contribution in [3.63, 3.8) is 0 Å². The molecule has 0 radical (unpaired) electrons. The van der Waals surface area contributed by atoms with Crippen molar-refractivity contribution in [1.29, 1.82) is 0 Å². The second-order valence-electron chi connectivity index (χ2n) is 5.41. The summed E-state index contributed by atoms with van der Waals surface area (Å²) in [6, 6.07) is 5.65. The SMILES string of the molecule is COC(=O)CCc1ccc(OCC[C@H](C)OS(C)(=O)=O)cc1C. The summed E-state index contributed by atoms with van der Waals surface area (Å²) >= 11 is 0. The second kappa shape index (κ2) is 8.88. The Morgan fingerprint density at radius 3 is 2.57 bits per heavy atom. The Morgan fingerprint density at radius 2 is 2.00 bits per heavy atom. The molecule has 0 heterocycles. The molecule has 0 aromatic heterocycles. The zero-order chi connectivity index (χ0) is 17.5. The predicted molar refractivity (Wildman–Crippen MR) is 87.0 cm³/mol. The lowest BCUT2D eigenvalue weighted by molar-refractivity contribution is -0.140. The van der Waals surface area contributed by atoms with Crippen LogP contribution in [0.4, 0.5) is 0 Å². The Kier molecular flexibility index (Phi) is 7.51. The molecular formula is C16H24O6S. The lowest BCUT2D eigenvalue weighted by Gasteiger charge is -2.13.